The van der Waals surface area contributed by atoms with Crippen LogP contribution in [0.1, 0.15) is 44.0 Å². The van der Waals surface area contributed by atoms with Crippen LogP contribution in [0.4, 0.5) is 4.79 Å². The molecule has 0 fully saturated rings. The lowest BCUT2D eigenvalue weighted by molar-refractivity contribution is 0.0358. The minimum atomic E-state index is -1.27. The van der Waals surface area contributed by atoms with Gasteiger partial charge in [0, 0.05) is 6.20 Å². The van der Waals surface area contributed by atoms with Gasteiger partial charge in [-0.25, -0.2) is 4.79 Å². The Morgan fingerprint density at radius 1 is 1.33 bits per heavy atom. The third-order valence-corrected chi connectivity index (χ3v) is 3.82. The number of aromatic nitrogens is 1. The van der Waals surface area contributed by atoms with Crippen molar-refractivity contribution in [3.63, 3.8) is 0 Å². The number of aliphatic hydroxyl groups is 1. The highest BCUT2D eigenvalue weighted by Gasteiger charge is 2.28. The Morgan fingerprint density at radius 2 is 2.08 bits per heavy atom. The molecule has 0 saturated heterocycles. The number of amides is 2. The first kappa shape index (κ1) is 18.0. The van der Waals surface area contributed by atoms with Gasteiger partial charge < -0.3 is 20.2 Å². The molecule has 0 spiro atoms. The summed E-state index contributed by atoms with van der Waals surface area (Å²) >= 11 is 0. The number of rotatable bonds is 6. The first-order chi connectivity index (χ1) is 11.3. The fourth-order valence-corrected chi connectivity index (χ4v) is 2.40. The van der Waals surface area contributed by atoms with Crippen molar-refractivity contribution in [2.75, 3.05) is 6.54 Å². The van der Waals surface area contributed by atoms with E-state index < -0.39 is 5.60 Å². The van der Waals surface area contributed by atoms with Gasteiger partial charge in [0.1, 0.15) is 17.1 Å². The first-order valence-corrected chi connectivity index (χ1v) is 8.04. The van der Waals surface area contributed by atoms with E-state index in [1.807, 2.05) is 32.0 Å². The van der Waals surface area contributed by atoms with E-state index in [0.29, 0.717) is 11.5 Å². The highest BCUT2D eigenvalue weighted by Crippen LogP contribution is 2.22. The Hall–Kier alpha value is -2.34. The monoisotopic (exact) mass is 331 g/mol. The van der Waals surface area contributed by atoms with Gasteiger partial charge in [0.15, 0.2) is 0 Å². The molecule has 2 aromatic heterocycles. The SMILES string of the molecule is Cc1ccc([C@](C)(O)CNC(=O)N[C@H](c2ccccn2)C(C)C)o1. The second kappa shape index (κ2) is 7.49. The summed E-state index contributed by atoms with van der Waals surface area (Å²) < 4.78 is 5.44. The molecule has 6 nitrogen and oxygen atoms in total. The van der Waals surface area contributed by atoms with E-state index in [9.17, 15) is 9.90 Å². The highest BCUT2D eigenvalue weighted by molar-refractivity contribution is 5.74. The smallest absolute Gasteiger partial charge is 0.315 e. The molecular formula is C18H25N3O3. The minimum absolute atomic E-state index is 0.0405. The van der Waals surface area contributed by atoms with Crippen LogP contribution in [0.5, 0.6) is 0 Å². The predicted octanol–water partition coefficient (Wildman–Crippen LogP) is 2.89. The van der Waals surface area contributed by atoms with Crippen LogP contribution in [-0.4, -0.2) is 22.7 Å². The van der Waals surface area contributed by atoms with Crippen molar-refractivity contribution in [2.24, 2.45) is 5.92 Å². The Morgan fingerprint density at radius 3 is 2.62 bits per heavy atom. The van der Waals surface area contributed by atoms with Crippen molar-refractivity contribution in [1.29, 1.82) is 0 Å². The summed E-state index contributed by atoms with van der Waals surface area (Å²) in [5.74, 6) is 1.31. The molecule has 3 N–H and O–H groups in total. The molecule has 0 bridgehead atoms. The van der Waals surface area contributed by atoms with Gasteiger partial charge in [-0.1, -0.05) is 19.9 Å². The normalized spacial score (nSPS) is 14.9. The van der Waals surface area contributed by atoms with Crippen molar-refractivity contribution in [1.82, 2.24) is 15.6 Å². The maximum Gasteiger partial charge on any atom is 0.315 e. The van der Waals surface area contributed by atoms with Crippen LogP contribution >= 0.6 is 0 Å². The Balaban J connectivity index is 1.96. The van der Waals surface area contributed by atoms with Crippen LogP contribution in [0, 0.1) is 12.8 Å². The summed E-state index contributed by atoms with van der Waals surface area (Å²) in [5, 5.41) is 16.1. The maximum atomic E-state index is 12.2. The number of hydrogen-bond acceptors (Lipinski definition) is 4. The zero-order valence-electron chi connectivity index (χ0n) is 14.5. The number of hydrogen-bond donors (Lipinski definition) is 3. The van der Waals surface area contributed by atoms with Gasteiger partial charge in [0.2, 0.25) is 0 Å². The molecule has 24 heavy (non-hydrogen) atoms. The van der Waals surface area contributed by atoms with Crippen molar-refractivity contribution in [3.05, 3.63) is 53.7 Å². The summed E-state index contributed by atoms with van der Waals surface area (Å²) in [6.07, 6.45) is 1.70. The second-order valence-corrected chi connectivity index (χ2v) is 6.49. The van der Waals surface area contributed by atoms with E-state index in [0.717, 1.165) is 5.69 Å². The molecule has 0 aliphatic heterocycles. The second-order valence-electron chi connectivity index (χ2n) is 6.49. The molecular weight excluding hydrogens is 306 g/mol. The summed E-state index contributed by atoms with van der Waals surface area (Å²) in [6.45, 7) is 7.48. The Kier molecular flexibility index (Phi) is 5.62. The predicted molar refractivity (Wildman–Crippen MR) is 91.4 cm³/mol. The standard InChI is InChI=1S/C18H25N3O3/c1-12(2)16(14-7-5-6-10-19-14)21-17(22)20-11-18(4,23)15-9-8-13(3)24-15/h5-10,12,16,23H,11H2,1-4H3,(H2,20,21,22)/t16-,18+/m0/s1. The summed E-state index contributed by atoms with van der Waals surface area (Å²) in [4.78, 5) is 16.5. The van der Waals surface area contributed by atoms with Crippen molar-refractivity contribution in [3.8, 4) is 0 Å². The number of nitrogens with one attached hydrogen (secondary N) is 2. The van der Waals surface area contributed by atoms with Crippen molar-refractivity contribution in [2.45, 2.75) is 39.3 Å². The van der Waals surface area contributed by atoms with Gasteiger partial charge in [0.25, 0.3) is 0 Å². The first-order valence-electron chi connectivity index (χ1n) is 8.04. The van der Waals surface area contributed by atoms with E-state index >= 15 is 0 Å². The lowest BCUT2D eigenvalue weighted by Gasteiger charge is -2.25. The fraction of sp³-hybridized carbons (Fsp3) is 0.444. The van der Waals surface area contributed by atoms with Gasteiger partial charge >= 0.3 is 6.03 Å². The van der Waals surface area contributed by atoms with E-state index in [1.165, 1.54) is 0 Å². The molecule has 2 aromatic rings. The van der Waals surface area contributed by atoms with Crippen molar-refractivity contribution < 1.29 is 14.3 Å². The summed E-state index contributed by atoms with van der Waals surface area (Å²) in [5.41, 5.74) is -0.472. The Bertz CT molecular complexity index is 665. The molecule has 0 saturated carbocycles. The Labute approximate surface area is 142 Å². The van der Waals surface area contributed by atoms with Gasteiger partial charge in [0.05, 0.1) is 18.3 Å². The summed E-state index contributed by atoms with van der Waals surface area (Å²) in [6, 6.07) is 8.53. The van der Waals surface area contributed by atoms with E-state index in [1.54, 1.807) is 32.2 Å². The molecule has 0 aliphatic carbocycles. The summed E-state index contributed by atoms with van der Waals surface area (Å²) in [7, 11) is 0. The number of aryl methyl sites for hydroxylation is 1. The van der Waals surface area contributed by atoms with Crippen LogP contribution in [0.2, 0.25) is 0 Å². The minimum Gasteiger partial charge on any atom is -0.463 e. The van der Waals surface area contributed by atoms with Gasteiger partial charge in [-0.15, -0.1) is 0 Å². The largest absolute Gasteiger partial charge is 0.463 e. The molecule has 0 radical (unpaired) electrons. The van der Waals surface area contributed by atoms with E-state index in [2.05, 4.69) is 15.6 Å². The van der Waals surface area contributed by atoms with Crippen LogP contribution in [-0.2, 0) is 5.60 Å². The third kappa shape index (κ3) is 4.58. The zero-order valence-corrected chi connectivity index (χ0v) is 14.5. The van der Waals surface area contributed by atoms with E-state index in [4.69, 9.17) is 4.42 Å². The lowest BCUT2D eigenvalue weighted by atomic mass is 10.0. The lowest BCUT2D eigenvalue weighted by Crippen LogP contribution is -2.45. The van der Waals surface area contributed by atoms with Gasteiger partial charge in [-0.05, 0) is 44.0 Å². The third-order valence-electron chi connectivity index (χ3n) is 3.82. The molecule has 6 heteroatoms. The van der Waals surface area contributed by atoms with Gasteiger partial charge in [-0.3, -0.25) is 4.98 Å². The number of urea groups is 1. The molecule has 2 atom stereocenters. The number of carbonyl (C=O) groups excluding carboxylic acids is 1. The van der Waals surface area contributed by atoms with Crippen LogP contribution < -0.4 is 10.6 Å². The van der Waals surface area contributed by atoms with Gasteiger partial charge in [-0.2, -0.15) is 0 Å². The molecule has 2 rings (SSSR count). The average molecular weight is 331 g/mol. The number of carbonyl (C=O) groups is 1. The fourth-order valence-electron chi connectivity index (χ4n) is 2.40. The topological polar surface area (TPSA) is 87.4 Å². The maximum absolute atomic E-state index is 12.2. The zero-order chi connectivity index (χ0) is 17.7. The van der Waals surface area contributed by atoms with E-state index in [-0.39, 0.29) is 24.5 Å². The number of furan rings is 1. The molecule has 0 aliphatic rings. The molecule has 0 unspecified atom stereocenters. The van der Waals surface area contributed by atoms with Crippen LogP contribution in [0.25, 0.3) is 0 Å². The number of pyridine rings is 1. The quantitative estimate of drug-likeness (QED) is 0.759. The average Bonchev–Trinajstić information content (AvgIpc) is 2.99. The number of nitrogens with zero attached hydrogens (tertiary/aromatic N) is 1. The van der Waals surface area contributed by atoms with Crippen LogP contribution in [0.3, 0.4) is 0 Å². The van der Waals surface area contributed by atoms with Crippen LogP contribution in [0.15, 0.2) is 40.9 Å². The molecule has 2 heterocycles. The molecule has 130 valence electrons. The molecule has 0 aromatic carbocycles. The van der Waals surface area contributed by atoms with Crippen molar-refractivity contribution >= 4 is 6.03 Å². The highest BCUT2D eigenvalue weighted by atomic mass is 16.4. The molecule has 2 amide bonds.